The number of hydrogen-bond donors (Lipinski definition) is 2. The number of anilines is 1. The quantitative estimate of drug-likeness (QED) is 0.759. The molecule has 0 radical (unpaired) electrons. The average Bonchev–Trinajstić information content (AvgIpc) is 3.21. The number of hydrogen-bond acceptors (Lipinski definition) is 3. The molecule has 1 aromatic carbocycles. The second kappa shape index (κ2) is 6.63. The predicted octanol–water partition coefficient (Wildman–Crippen LogP) is 3.34. The van der Waals surface area contributed by atoms with Crippen LogP contribution in [0.2, 0.25) is 0 Å². The maximum Gasteiger partial charge on any atom is 0.273 e. The molecule has 0 fully saturated rings. The highest BCUT2D eigenvalue weighted by molar-refractivity contribution is 6.08. The van der Waals surface area contributed by atoms with E-state index in [1.165, 1.54) is 0 Å². The Balaban J connectivity index is 1.50. The minimum Gasteiger partial charge on any atom is -0.354 e. The van der Waals surface area contributed by atoms with Gasteiger partial charge in [0.2, 0.25) is 0 Å². The molecule has 1 aliphatic rings. The predicted molar refractivity (Wildman–Crippen MR) is 98.5 cm³/mol. The number of H-pyrrole nitrogens is 1. The van der Waals surface area contributed by atoms with Crippen molar-refractivity contribution in [1.82, 2.24) is 14.8 Å². The standard InChI is InChI=1S/C20H20N4O2/c1-13-18-15(8-5-9-16(18)25)21-19(13)20(26)22-17-10-11-24(23-17)12-14-6-3-2-4-7-14/h2-4,6-7,10-11,21H,5,8-9,12H2,1H3,(H,22,23,26). The van der Waals surface area contributed by atoms with Crippen LogP contribution in [0, 0.1) is 6.92 Å². The van der Waals surface area contributed by atoms with Gasteiger partial charge in [-0.15, -0.1) is 0 Å². The molecule has 0 saturated heterocycles. The Hall–Kier alpha value is -3.15. The Morgan fingerprint density at radius 3 is 2.81 bits per heavy atom. The van der Waals surface area contributed by atoms with E-state index in [9.17, 15) is 9.59 Å². The van der Waals surface area contributed by atoms with Crippen LogP contribution in [0.15, 0.2) is 42.6 Å². The van der Waals surface area contributed by atoms with Gasteiger partial charge in [-0.1, -0.05) is 30.3 Å². The summed E-state index contributed by atoms with van der Waals surface area (Å²) < 4.78 is 1.78. The van der Waals surface area contributed by atoms with E-state index in [1.54, 1.807) is 10.7 Å². The van der Waals surface area contributed by atoms with Crippen LogP contribution in [0.5, 0.6) is 0 Å². The largest absolute Gasteiger partial charge is 0.354 e. The first-order valence-electron chi connectivity index (χ1n) is 8.75. The Kier molecular flexibility index (Phi) is 4.16. The van der Waals surface area contributed by atoms with Crippen molar-refractivity contribution >= 4 is 17.5 Å². The van der Waals surface area contributed by atoms with E-state index < -0.39 is 0 Å². The van der Waals surface area contributed by atoms with E-state index in [2.05, 4.69) is 15.4 Å². The molecule has 0 unspecified atom stereocenters. The van der Waals surface area contributed by atoms with Gasteiger partial charge in [0.25, 0.3) is 5.91 Å². The number of Topliss-reactive ketones (excluding diaryl/α,β-unsaturated/α-hetero) is 1. The van der Waals surface area contributed by atoms with Gasteiger partial charge in [0.1, 0.15) is 5.69 Å². The van der Waals surface area contributed by atoms with Crippen LogP contribution in [-0.4, -0.2) is 26.5 Å². The van der Waals surface area contributed by atoms with Crippen LogP contribution in [0.1, 0.15) is 50.5 Å². The second-order valence-corrected chi connectivity index (χ2v) is 6.59. The third-order valence-corrected chi connectivity index (χ3v) is 4.73. The van der Waals surface area contributed by atoms with Crippen molar-refractivity contribution in [2.24, 2.45) is 0 Å². The summed E-state index contributed by atoms with van der Waals surface area (Å²) in [5.41, 5.74) is 3.88. The smallest absolute Gasteiger partial charge is 0.273 e. The van der Waals surface area contributed by atoms with Gasteiger partial charge in [-0.3, -0.25) is 14.3 Å². The van der Waals surface area contributed by atoms with Gasteiger partial charge in [-0.2, -0.15) is 5.10 Å². The maximum atomic E-state index is 12.6. The van der Waals surface area contributed by atoms with E-state index in [0.29, 0.717) is 30.0 Å². The molecular weight excluding hydrogens is 328 g/mol. The molecule has 2 aromatic heterocycles. The van der Waals surface area contributed by atoms with E-state index >= 15 is 0 Å². The number of aryl methyl sites for hydroxylation is 1. The maximum absolute atomic E-state index is 12.6. The molecule has 0 aliphatic heterocycles. The number of rotatable bonds is 4. The highest BCUT2D eigenvalue weighted by atomic mass is 16.2. The number of carbonyl (C=O) groups is 2. The van der Waals surface area contributed by atoms with Crippen molar-refractivity contribution in [2.75, 3.05) is 5.32 Å². The fourth-order valence-electron chi connectivity index (χ4n) is 3.47. The third-order valence-electron chi connectivity index (χ3n) is 4.73. The molecule has 6 heteroatoms. The Labute approximate surface area is 151 Å². The monoisotopic (exact) mass is 348 g/mol. The van der Waals surface area contributed by atoms with Crippen molar-refractivity contribution in [3.63, 3.8) is 0 Å². The van der Waals surface area contributed by atoms with Crippen LogP contribution in [0.3, 0.4) is 0 Å². The zero-order valence-electron chi connectivity index (χ0n) is 14.6. The zero-order valence-corrected chi connectivity index (χ0v) is 14.6. The lowest BCUT2D eigenvalue weighted by atomic mass is 9.94. The van der Waals surface area contributed by atoms with Gasteiger partial charge < -0.3 is 10.3 Å². The minimum absolute atomic E-state index is 0.117. The van der Waals surface area contributed by atoms with E-state index in [1.807, 2.05) is 43.5 Å². The van der Waals surface area contributed by atoms with Crippen LogP contribution < -0.4 is 5.32 Å². The lowest BCUT2D eigenvalue weighted by molar-refractivity contribution is 0.0971. The van der Waals surface area contributed by atoms with Crippen molar-refractivity contribution in [3.8, 4) is 0 Å². The number of benzene rings is 1. The van der Waals surface area contributed by atoms with Crippen molar-refractivity contribution in [2.45, 2.75) is 32.7 Å². The van der Waals surface area contributed by atoms with Crippen LogP contribution in [0.25, 0.3) is 0 Å². The fraction of sp³-hybridized carbons (Fsp3) is 0.250. The number of carbonyl (C=O) groups excluding carboxylic acids is 2. The first-order chi connectivity index (χ1) is 12.6. The topological polar surface area (TPSA) is 79.8 Å². The lowest BCUT2D eigenvalue weighted by Crippen LogP contribution is -2.14. The highest BCUT2D eigenvalue weighted by Crippen LogP contribution is 2.26. The first-order valence-corrected chi connectivity index (χ1v) is 8.75. The molecule has 0 saturated carbocycles. The molecule has 6 nitrogen and oxygen atoms in total. The summed E-state index contributed by atoms with van der Waals surface area (Å²) >= 11 is 0. The normalized spacial score (nSPS) is 13.5. The number of ketones is 1. The molecule has 0 bridgehead atoms. The summed E-state index contributed by atoms with van der Waals surface area (Å²) in [4.78, 5) is 27.9. The fourth-order valence-corrected chi connectivity index (χ4v) is 3.47. The minimum atomic E-state index is -0.269. The summed E-state index contributed by atoms with van der Waals surface area (Å²) in [7, 11) is 0. The number of fused-ring (bicyclic) bond motifs is 1. The van der Waals surface area contributed by atoms with Gasteiger partial charge in [-0.25, -0.2) is 0 Å². The molecule has 0 atom stereocenters. The molecule has 26 heavy (non-hydrogen) atoms. The molecule has 1 aliphatic carbocycles. The number of amides is 1. The van der Waals surface area contributed by atoms with Crippen molar-refractivity contribution in [3.05, 3.63) is 70.7 Å². The molecule has 0 spiro atoms. The van der Waals surface area contributed by atoms with Gasteiger partial charge in [-0.05, 0) is 30.9 Å². The van der Waals surface area contributed by atoms with Crippen molar-refractivity contribution in [1.29, 1.82) is 0 Å². The number of aromatic nitrogens is 3. The van der Waals surface area contributed by atoms with Crippen LogP contribution in [-0.2, 0) is 13.0 Å². The third kappa shape index (κ3) is 3.06. The average molecular weight is 348 g/mol. The molecule has 3 aromatic rings. The number of aromatic amines is 1. The summed E-state index contributed by atoms with van der Waals surface area (Å²) in [6, 6.07) is 11.8. The van der Waals surface area contributed by atoms with E-state index in [4.69, 9.17) is 0 Å². The molecule has 4 rings (SSSR count). The van der Waals surface area contributed by atoms with Gasteiger partial charge in [0.15, 0.2) is 11.6 Å². The van der Waals surface area contributed by atoms with Crippen LogP contribution in [0.4, 0.5) is 5.82 Å². The lowest BCUT2D eigenvalue weighted by Gasteiger charge is -2.09. The summed E-state index contributed by atoms with van der Waals surface area (Å²) in [6.45, 7) is 2.46. The SMILES string of the molecule is Cc1c(C(=O)Nc2ccn(Cc3ccccc3)n2)[nH]c2c1C(=O)CCC2. The first kappa shape index (κ1) is 16.3. The molecule has 2 N–H and O–H groups in total. The highest BCUT2D eigenvalue weighted by Gasteiger charge is 2.26. The Bertz CT molecular complexity index is 969. The summed E-state index contributed by atoms with van der Waals surface area (Å²) in [6.07, 6.45) is 4.02. The number of nitrogens with one attached hydrogen (secondary N) is 2. The summed E-state index contributed by atoms with van der Waals surface area (Å²) in [5.74, 6) is 0.338. The van der Waals surface area contributed by atoms with Gasteiger partial charge >= 0.3 is 0 Å². The summed E-state index contributed by atoms with van der Waals surface area (Å²) in [5, 5.41) is 7.22. The zero-order chi connectivity index (χ0) is 18.1. The molecule has 2 heterocycles. The molecule has 1 amide bonds. The van der Waals surface area contributed by atoms with Crippen molar-refractivity contribution < 1.29 is 9.59 Å². The molecular formula is C20H20N4O2. The molecule has 132 valence electrons. The van der Waals surface area contributed by atoms with Gasteiger partial charge in [0.05, 0.1) is 6.54 Å². The Morgan fingerprint density at radius 1 is 1.23 bits per heavy atom. The second-order valence-electron chi connectivity index (χ2n) is 6.59. The van der Waals surface area contributed by atoms with E-state index in [0.717, 1.165) is 29.7 Å². The van der Waals surface area contributed by atoms with Gasteiger partial charge in [0, 0.05) is 29.9 Å². The van der Waals surface area contributed by atoms with Crippen LogP contribution >= 0.6 is 0 Å². The number of nitrogens with zero attached hydrogens (tertiary/aromatic N) is 2. The van der Waals surface area contributed by atoms with E-state index in [-0.39, 0.29) is 11.7 Å². The Morgan fingerprint density at radius 2 is 2.04 bits per heavy atom.